The number of nitrogens with two attached hydrogens (primary N) is 1. The number of thioether (sulfide) groups is 1. The molecule has 3 rings (SSSR count). The fourth-order valence-electron chi connectivity index (χ4n) is 2.68. The van der Waals surface area contributed by atoms with Gasteiger partial charge in [0.05, 0.1) is 11.4 Å². The van der Waals surface area contributed by atoms with Crippen LogP contribution in [0.2, 0.25) is 0 Å². The zero-order valence-corrected chi connectivity index (χ0v) is 17.2. The van der Waals surface area contributed by atoms with Crippen LogP contribution < -0.4 is 17.0 Å². The van der Waals surface area contributed by atoms with Gasteiger partial charge in [-0.15, -0.1) is 11.3 Å². The highest BCUT2D eigenvalue weighted by Gasteiger charge is 2.19. The van der Waals surface area contributed by atoms with Crippen molar-refractivity contribution in [1.29, 1.82) is 0 Å². The average molecular weight is 417 g/mol. The van der Waals surface area contributed by atoms with Gasteiger partial charge in [-0.05, 0) is 13.3 Å². The maximum absolute atomic E-state index is 12.6. The van der Waals surface area contributed by atoms with Crippen LogP contribution in [0.3, 0.4) is 0 Å². The number of Topliss-reactive ketones (excluding diaryl/α,β-unsaturated/α-hetero) is 1. The number of carbonyl (C=O) groups excluding carboxylic acids is 1. The minimum atomic E-state index is -0.750. The number of hydrogen-bond acceptors (Lipinski definition) is 7. The largest absolute Gasteiger partial charge is 0.384 e. The summed E-state index contributed by atoms with van der Waals surface area (Å²) in [5, 5.41) is 1.93. The number of hydrogen-bond donors (Lipinski definition) is 2. The predicted octanol–water partition coefficient (Wildman–Crippen LogP) is 2.94. The molecule has 0 bridgehead atoms. The number of carbonyl (C=O) groups is 1. The first-order valence-corrected chi connectivity index (χ1v) is 10.6. The van der Waals surface area contributed by atoms with Crippen LogP contribution in [0.4, 0.5) is 5.82 Å². The van der Waals surface area contributed by atoms with Gasteiger partial charge in [0.15, 0.2) is 10.1 Å². The van der Waals surface area contributed by atoms with Gasteiger partial charge < -0.3 is 5.73 Å². The number of H-pyrrole nitrogens is 1. The van der Waals surface area contributed by atoms with Crippen molar-refractivity contribution in [1.82, 2.24) is 14.5 Å². The number of aromatic amines is 1. The third-order valence-electron chi connectivity index (χ3n) is 4.12. The number of nitrogens with zero attached hydrogens (tertiary/aromatic N) is 2. The molecule has 0 atom stereocenters. The molecule has 2 heterocycles. The normalized spacial score (nSPS) is 10.9. The van der Waals surface area contributed by atoms with Crippen LogP contribution >= 0.6 is 23.1 Å². The molecule has 0 aliphatic rings. The number of benzene rings is 1. The lowest BCUT2D eigenvalue weighted by Crippen LogP contribution is -2.36. The Bertz CT molecular complexity index is 1110. The number of ketones is 1. The molecular formula is C19H20N4O3S2. The number of aryl methyl sites for hydroxylation is 1. The summed E-state index contributed by atoms with van der Waals surface area (Å²) in [6, 6.07) is 8.04. The Labute approximate surface area is 169 Å². The highest BCUT2D eigenvalue weighted by atomic mass is 32.2. The van der Waals surface area contributed by atoms with Crippen molar-refractivity contribution in [3.63, 3.8) is 0 Å². The Morgan fingerprint density at radius 2 is 2.00 bits per heavy atom. The van der Waals surface area contributed by atoms with E-state index < -0.39 is 17.0 Å². The van der Waals surface area contributed by atoms with E-state index in [4.69, 9.17) is 5.73 Å². The van der Waals surface area contributed by atoms with E-state index in [0.717, 1.165) is 15.6 Å². The van der Waals surface area contributed by atoms with Gasteiger partial charge in [0, 0.05) is 17.5 Å². The highest BCUT2D eigenvalue weighted by molar-refractivity contribution is 8.01. The Morgan fingerprint density at radius 3 is 2.68 bits per heavy atom. The molecular weight excluding hydrogens is 396 g/mol. The second-order valence-corrected chi connectivity index (χ2v) is 8.33. The second kappa shape index (κ2) is 8.57. The molecule has 0 aliphatic carbocycles. The summed E-state index contributed by atoms with van der Waals surface area (Å²) in [6.45, 7) is 4.23. The fraction of sp³-hybridized carbons (Fsp3) is 0.263. The molecule has 0 saturated heterocycles. The van der Waals surface area contributed by atoms with E-state index in [-0.39, 0.29) is 17.1 Å². The number of rotatable bonds is 7. The van der Waals surface area contributed by atoms with Crippen LogP contribution in [0.25, 0.3) is 11.3 Å². The summed E-state index contributed by atoms with van der Waals surface area (Å²) in [5.41, 5.74) is 7.43. The Kier molecular flexibility index (Phi) is 6.15. The maximum Gasteiger partial charge on any atom is 0.329 e. The molecule has 146 valence electrons. The van der Waals surface area contributed by atoms with Gasteiger partial charge in [0.25, 0.3) is 5.56 Å². The lowest BCUT2D eigenvalue weighted by molar-refractivity contribution is 0.102. The van der Waals surface area contributed by atoms with Crippen LogP contribution in [0.1, 0.15) is 29.3 Å². The van der Waals surface area contributed by atoms with Crippen molar-refractivity contribution in [3.05, 3.63) is 61.6 Å². The van der Waals surface area contributed by atoms with Crippen LogP contribution in [0.5, 0.6) is 0 Å². The zero-order valence-electron chi connectivity index (χ0n) is 15.5. The number of nitrogens with one attached hydrogen (secondary N) is 1. The summed E-state index contributed by atoms with van der Waals surface area (Å²) < 4.78 is 1.94. The fourth-order valence-corrected chi connectivity index (χ4v) is 4.39. The molecule has 1 aromatic carbocycles. The number of thiazole rings is 1. The Hall–Kier alpha value is -2.65. The smallest absolute Gasteiger partial charge is 0.329 e. The van der Waals surface area contributed by atoms with Gasteiger partial charge in [-0.1, -0.05) is 48.5 Å². The summed E-state index contributed by atoms with van der Waals surface area (Å²) in [6.07, 6.45) is 0.652. The summed E-state index contributed by atoms with van der Waals surface area (Å²) in [7, 11) is 0. The molecule has 0 radical (unpaired) electrons. The second-order valence-electron chi connectivity index (χ2n) is 6.25. The first kappa shape index (κ1) is 20.1. The van der Waals surface area contributed by atoms with Crippen LogP contribution in [-0.2, 0) is 6.54 Å². The molecule has 0 unspecified atom stereocenters. The van der Waals surface area contributed by atoms with Gasteiger partial charge >= 0.3 is 5.69 Å². The minimum Gasteiger partial charge on any atom is -0.384 e. The molecule has 7 nitrogen and oxygen atoms in total. The number of nitrogen functional groups attached to an aromatic ring is 1. The van der Waals surface area contributed by atoms with Crippen LogP contribution in [0, 0.1) is 6.92 Å². The lowest BCUT2D eigenvalue weighted by atomic mass is 10.1. The van der Waals surface area contributed by atoms with Gasteiger partial charge in [-0.2, -0.15) is 0 Å². The van der Waals surface area contributed by atoms with Gasteiger partial charge in [0.2, 0.25) is 0 Å². The molecule has 0 fully saturated rings. The predicted molar refractivity (Wildman–Crippen MR) is 113 cm³/mol. The summed E-state index contributed by atoms with van der Waals surface area (Å²) in [5.74, 6) is -0.500. The molecule has 9 heteroatoms. The van der Waals surface area contributed by atoms with E-state index in [2.05, 4.69) is 9.97 Å². The van der Waals surface area contributed by atoms with Gasteiger partial charge in [0.1, 0.15) is 11.4 Å². The van der Waals surface area contributed by atoms with E-state index in [1.807, 2.05) is 43.5 Å². The average Bonchev–Trinajstić information content (AvgIpc) is 3.13. The van der Waals surface area contributed by atoms with Crippen molar-refractivity contribution in [2.45, 2.75) is 31.2 Å². The molecule has 0 saturated carbocycles. The first-order valence-electron chi connectivity index (χ1n) is 8.72. The number of aromatic nitrogens is 3. The van der Waals surface area contributed by atoms with E-state index in [1.54, 1.807) is 0 Å². The third-order valence-corrected chi connectivity index (χ3v) is 6.14. The molecule has 2 aromatic heterocycles. The van der Waals surface area contributed by atoms with Crippen molar-refractivity contribution in [3.8, 4) is 11.3 Å². The lowest BCUT2D eigenvalue weighted by Gasteiger charge is -2.10. The van der Waals surface area contributed by atoms with Crippen LogP contribution in [-0.4, -0.2) is 26.1 Å². The van der Waals surface area contributed by atoms with Crippen molar-refractivity contribution >= 4 is 34.7 Å². The topological polar surface area (TPSA) is 111 Å². The maximum atomic E-state index is 12.6. The van der Waals surface area contributed by atoms with E-state index >= 15 is 0 Å². The summed E-state index contributed by atoms with van der Waals surface area (Å²) in [4.78, 5) is 43.3. The van der Waals surface area contributed by atoms with E-state index in [1.165, 1.54) is 33.2 Å². The minimum absolute atomic E-state index is 0.0124. The first-order chi connectivity index (χ1) is 13.4. The summed E-state index contributed by atoms with van der Waals surface area (Å²) >= 11 is 2.68. The standard InChI is InChI=1S/C19H20N4O3S2/c1-3-8-23-16(20)15(17(25)22-18(23)26)14(24)10-28-19-21-13(9-27-19)12-6-4-11(2)5-7-12/h4-7,9H,3,8,10,20H2,1-2H3,(H,22,25,26). The molecule has 3 N–H and O–H groups in total. The van der Waals surface area contributed by atoms with Crippen molar-refractivity contribution in [2.24, 2.45) is 0 Å². The molecule has 0 spiro atoms. The van der Waals surface area contributed by atoms with Gasteiger partial charge in [-0.3, -0.25) is 19.1 Å². The van der Waals surface area contributed by atoms with Crippen molar-refractivity contribution < 1.29 is 4.79 Å². The molecule has 28 heavy (non-hydrogen) atoms. The van der Waals surface area contributed by atoms with Crippen molar-refractivity contribution in [2.75, 3.05) is 11.5 Å². The Balaban J connectivity index is 1.76. The SMILES string of the molecule is CCCn1c(N)c(C(=O)CSc2nc(-c3ccc(C)cc3)cs2)c(=O)[nH]c1=O. The van der Waals surface area contributed by atoms with E-state index in [9.17, 15) is 14.4 Å². The Morgan fingerprint density at radius 1 is 1.29 bits per heavy atom. The zero-order chi connectivity index (χ0) is 20.3. The van der Waals surface area contributed by atoms with Gasteiger partial charge in [-0.25, -0.2) is 9.78 Å². The molecule has 0 aliphatic heterocycles. The quantitative estimate of drug-likeness (QED) is 0.452. The monoisotopic (exact) mass is 416 g/mol. The highest BCUT2D eigenvalue weighted by Crippen LogP contribution is 2.29. The van der Waals surface area contributed by atoms with Crippen LogP contribution in [0.15, 0.2) is 43.6 Å². The molecule has 0 amide bonds. The van der Waals surface area contributed by atoms with E-state index in [0.29, 0.717) is 13.0 Å². The number of anilines is 1. The molecule has 3 aromatic rings. The third kappa shape index (κ3) is 4.26.